The molecule has 3 N–H and O–H groups in total. The van der Waals surface area contributed by atoms with Crippen LogP contribution in [0.3, 0.4) is 0 Å². The lowest BCUT2D eigenvalue weighted by Crippen LogP contribution is -2.01. The Hall–Kier alpha value is -5.91. The van der Waals surface area contributed by atoms with E-state index >= 15 is 0 Å². The maximum absolute atomic E-state index is 6.19. The second-order valence-electron chi connectivity index (χ2n) is 10.4. The number of aromatic nitrogens is 6. The smallest absolute Gasteiger partial charge is 0.157 e. The standard InChI is InChI=1S/C20H16N4S.C18H12N4S.ClH/c1-2-22-20-19(23-18-14-21-12-13-24(18)20)17-11-10-16(25-17)9-8-15-6-4-3-5-7-15;19-18-17(21-16-12-20-10-11-22(16)18)15-9-8-14(23-15)7-6-13-4-2-1-3-5-13;/h3-7,10-14,22H,2H2,1H3;1-5,8-12H,19H2;1H. The summed E-state index contributed by atoms with van der Waals surface area (Å²) in [7, 11) is 0. The highest BCUT2D eigenvalue weighted by Crippen LogP contribution is 2.34. The van der Waals surface area contributed by atoms with Crippen molar-refractivity contribution in [3.63, 3.8) is 0 Å². The summed E-state index contributed by atoms with van der Waals surface area (Å²) in [4.78, 5) is 21.6. The molecule has 8 nitrogen and oxygen atoms in total. The van der Waals surface area contributed by atoms with Crippen LogP contribution in [0.1, 0.15) is 27.8 Å². The third-order valence-corrected chi connectivity index (χ3v) is 9.14. The Morgan fingerprint density at radius 3 is 1.71 bits per heavy atom. The van der Waals surface area contributed by atoms with E-state index in [9.17, 15) is 0 Å². The second kappa shape index (κ2) is 15.3. The molecular weight excluding hydrogens is 668 g/mol. The lowest BCUT2D eigenvalue weighted by atomic mass is 10.2. The number of hydrogen-bond acceptors (Lipinski definition) is 8. The molecule has 0 radical (unpaired) electrons. The average molecular weight is 697 g/mol. The minimum atomic E-state index is 0. The van der Waals surface area contributed by atoms with Crippen LogP contribution in [0.4, 0.5) is 11.6 Å². The minimum absolute atomic E-state index is 0. The molecule has 49 heavy (non-hydrogen) atoms. The third kappa shape index (κ3) is 7.48. The molecule has 0 aliphatic heterocycles. The molecule has 0 amide bonds. The lowest BCUT2D eigenvalue weighted by molar-refractivity contribution is 1.09. The molecule has 0 fully saturated rings. The van der Waals surface area contributed by atoms with E-state index in [-0.39, 0.29) is 12.4 Å². The highest BCUT2D eigenvalue weighted by atomic mass is 35.5. The minimum Gasteiger partial charge on any atom is -0.383 e. The van der Waals surface area contributed by atoms with Crippen molar-refractivity contribution in [2.45, 2.75) is 6.92 Å². The molecule has 8 rings (SSSR count). The van der Waals surface area contributed by atoms with Crippen LogP contribution >= 0.6 is 35.1 Å². The quantitative estimate of drug-likeness (QED) is 0.180. The number of anilines is 2. The number of fused-ring (bicyclic) bond motifs is 2. The SMILES string of the molecule is CCNc1c(-c2ccc(C#Cc3ccccc3)s2)nc2cnccn12.Cl.Nc1c(-c2ccc(C#Cc3ccccc3)s2)nc2cnccn12. The first kappa shape index (κ1) is 33.0. The maximum Gasteiger partial charge on any atom is 0.157 e. The van der Waals surface area contributed by atoms with E-state index in [0.717, 1.165) is 65.7 Å². The number of nitrogens with one attached hydrogen (secondary N) is 1. The van der Waals surface area contributed by atoms with Gasteiger partial charge in [-0.2, -0.15) is 0 Å². The van der Waals surface area contributed by atoms with Gasteiger partial charge in [0, 0.05) is 42.5 Å². The molecule has 0 bridgehead atoms. The Labute approximate surface area is 297 Å². The maximum atomic E-state index is 6.19. The largest absolute Gasteiger partial charge is 0.383 e. The number of nitrogens with two attached hydrogens (primary N) is 1. The van der Waals surface area contributed by atoms with E-state index in [2.05, 4.69) is 56.9 Å². The fourth-order valence-corrected chi connectivity index (χ4v) is 6.61. The number of thiophene rings is 2. The zero-order valence-corrected chi connectivity index (χ0v) is 28.7. The van der Waals surface area contributed by atoms with Gasteiger partial charge < -0.3 is 11.1 Å². The summed E-state index contributed by atoms with van der Waals surface area (Å²) in [6.07, 6.45) is 10.7. The van der Waals surface area contributed by atoms with Gasteiger partial charge >= 0.3 is 0 Å². The first-order chi connectivity index (χ1) is 23.7. The summed E-state index contributed by atoms with van der Waals surface area (Å²) in [5, 5.41) is 3.41. The Kier molecular flexibility index (Phi) is 10.3. The summed E-state index contributed by atoms with van der Waals surface area (Å²) in [5.74, 6) is 14.4. The van der Waals surface area contributed by atoms with Crippen molar-refractivity contribution in [3.05, 3.63) is 143 Å². The Morgan fingerprint density at radius 2 is 1.16 bits per heavy atom. The molecule has 240 valence electrons. The fourth-order valence-electron chi connectivity index (χ4n) is 4.90. The predicted molar refractivity (Wildman–Crippen MR) is 203 cm³/mol. The molecule has 0 saturated carbocycles. The molecule has 0 saturated heterocycles. The van der Waals surface area contributed by atoms with Crippen molar-refractivity contribution in [1.82, 2.24) is 28.7 Å². The van der Waals surface area contributed by atoms with E-state index in [1.54, 1.807) is 47.5 Å². The highest BCUT2D eigenvalue weighted by molar-refractivity contribution is 7.16. The van der Waals surface area contributed by atoms with Crippen molar-refractivity contribution in [2.24, 2.45) is 0 Å². The van der Waals surface area contributed by atoms with Crippen molar-refractivity contribution >= 4 is 58.0 Å². The Morgan fingerprint density at radius 1 is 0.653 bits per heavy atom. The average Bonchev–Trinajstić information content (AvgIpc) is 3.94. The molecule has 0 atom stereocenters. The predicted octanol–water partition coefficient (Wildman–Crippen LogP) is 8.15. The van der Waals surface area contributed by atoms with Gasteiger partial charge in [0.25, 0.3) is 0 Å². The van der Waals surface area contributed by atoms with E-state index in [1.165, 1.54) is 0 Å². The number of rotatable bonds is 4. The number of hydrogen-bond donors (Lipinski definition) is 2. The Balaban J connectivity index is 0.000000167. The molecule has 6 heterocycles. The van der Waals surface area contributed by atoms with Gasteiger partial charge in [-0.25, -0.2) is 9.97 Å². The number of halogens is 1. The van der Waals surface area contributed by atoms with Crippen LogP contribution in [-0.4, -0.2) is 35.3 Å². The first-order valence-corrected chi connectivity index (χ1v) is 16.8. The van der Waals surface area contributed by atoms with Gasteiger partial charge in [0.2, 0.25) is 0 Å². The summed E-state index contributed by atoms with van der Waals surface area (Å²) in [6, 6.07) is 28.1. The van der Waals surface area contributed by atoms with Crippen LogP contribution < -0.4 is 11.1 Å². The summed E-state index contributed by atoms with van der Waals surface area (Å²) < 4.78 is 3.86. The summed E-state index contributed by atoms with van der Waals surface area (Å²) in [6.45, 7) is 2.91. The summed E-state index contributed by atoms with van der Waals surface area (Å²) >= 11 is 3.24. The van der Waals surface area contributed by atoms with E-state index in [1.807, 2.05) is 100 Å². The zero-order valence-electron chi connectivity index (χ0n) is 26.2. The van der Waals surface area contributed by atoms with Gasteiger partial charge in [-0.15, -0.1) is 35.1 Å². The van der Waals surface area contributed by atoms with E-state index in [4.69, 9.17) is 10.7 Å². The van der Waals surface area contributed by atoms with Crippen molar-refractivity contribution < 1.29 is 0 Å². The normalized spacial score (nSPS) is 10.2. The molecule has 2 aromatic carbocycles. The molecule has 6 aromatic heterocycles. The molecule has 11 heteroatoms. The monoisotopic (exact) mass is 696 g/mol. The first-order valence-electron chi connectivity index (χ1n) is 15.1. The number of benzene rings is 2. The summed E-state index contributed by atoms with van der Waals surface area (Å²) in [5.41, 5.74) is 11.5. The van der Waals surface area contributed by atoms with Crippen molar-refractivity contribution in [2.75, 3.05) is 17.6 Å². The Bertz CT molecular complexity index is 2460. The van der Waals surface area contributed by atoms with E-state index < -0.39 is 0 Å². The lowest BCUT2D eigenvalue weighted by Gasteiger charge is -2.04. The van der Waals surface area contributed by atoms with Crippen LogP contribution in [0.5, 0.6) is 0 Å². The molecule has 0 spiro atoms. The molecule has 0 aliphatic carbocycles. The molecule has 0 aliphatic rings. The molecule has 8 aromatic rings. The third-order valence-electron chi connectivity index (χ3n) is 7.13. The van der Waals surface area contributed by atoms with Gasteiger partial charge in [-0.3, -0.25) is 18.8 Å². The number of imidazole rings is 2. The second-order valence-corrected chi connectivity index (χ2v) is 12.5. The van der Waals surface area contributed by atoms with Gasteiger partial charge in [-0.05, 0) is 55.5 Å². The van der Waals surface area contributed by atoms with Gasteiger partial charge in [0.1, 0.15) is 23.0 Å². The van der Waals surface area contributed by atoms with Crippen LogP contribution in [0.25, 0.3) is 32.4 Å². The van der Waals surface area contributed by atoms with Crippen LogP contribution in [0.15, 0.2) is 122 Å². The topological polar surface area (TPSA) is 98.4 Å². The number of nitrogen functional groups attached to an aromatic ring is 1. The van der Waals surface area contributed by atoms with Crippen LogP contribution in [-0.2, 0) is 0 Å². The van der Waals surface area contributed by atoms with Gasteiger partial charge in [0.05, 0.1) is 31.9 Å². The van der Waals surface area contributed by atoms with Crippen LogP contribution in [0.2, 0.25) is 0 Å². The van der Waals surface area contributed by atoms with Crippen molar-refractivity contribution in [3.8, 4) is 44.8 Å². The highest BCUT2D eigenvalue weighted by Gasteiger charge is 2.15. The van der Waals surface area contributed by atoms with Crippen LogP contribution in [0, 0.1) is 23.7 Å². The number of nitrogens with zero attached hydrogens (tertiary/aromatic N) is 6. The molecule has 0 unspecified atom stereocenters. The fraction of sp³-hybridized carbons (Fsp3) is 0.0526. The van der Waals surface area contributed by atoms with E-state index in [0.29, 0.717) is 5.82 Å². The van der Waals surface area contributed by atoms with Gasteiger partial charge in [0.15, 0.2) is 11.3 Å². The van der Waals surface area contributed by atoms with Gasteiger partial charge in [-0.1, -0.05) is 60.1 Å². The zero-order chi connectivity index (χ0) is 32.7. The molecular formula is C38H29ClN8S2. The van der Waals surface area contributed by atoms with Crippen molar-refractivity contribution in [1.29, 1.82) is 0 Å².